The van der Waals surface area contributed by atoms with Crippen molar-refractivity contribution in [2.24, 2.45) is 0 Å². The van der Waals surface area contributed by atoms with E-state index in [0.717, 1.165) is 29.0 Å². The number of carbonyl (C=O) groups is 1. The summed E-state index contributed by atoms with van der Waals surface area (Å²) in [5.41, 5.74) is 4.12. The van der Waals surface area contributed by atoms with Gasteiger partial charge < -0.3 is 10.1 Å². The third-order valence-electron chi connectivity index (χ3n) is 4.76. The van der Waals surface area contributed by atoms with Crippen molar-refractivity contribution in [3.05, 3.63) is 84.1 Å². The third kappa shape index (κ3) is 5.32. The van der Waals surface area contributed by atoms with Gasteiger partial charge in [0.1, 0.15) is 23.1 Å². The van der Waals surface area contributed by atoms with Crippen LogP contribution in [0.3, 0.4) is 0 Å². The fourth-order valence-corrected chi connectivity index (χ4v) is 3.19. The Hall–Kier alpha value is -4.11. The minimum atomic E-state index is -0.453. The number of nitriles is 1. The molecule has 0 aliphatic rings. The van der Waals surface area contributed by atoms with Gasteiger partial charge in [0.15, 0.2) is 0 Å². The van der Waals surface area contributed by atoms with Crippen LogP contribution in [-0.4, -0.2) is 28.8 Å². The Kier molecular flexibility index (Phi) is 7.60. The van der Waals surface area contributed by atoms with Crippen LogP contribution in [0.25, 0.3) is 23.0 Å². The Balaban J connectivity index is 2.09. The van der Waals surface area contributed by atoms with Crippen molar-refractivity contribution in [3.63, 3.8) is 0 Å². The first-order valence-electron chi connectivity index (χ1n) is 10.5. The van der Waals surface area contributed by atoms with Crippen LogP contribution in [0.4, 0.5) is 0 Å². The van der Waals surface area contributed by atoms with Crippen molar-refractivity contribution >= 4 is 12.0 Å². The van der Waals surface area contributed by atoms with Gasteiger partial charge in [0.25, 0.3) is 5.91 Å². The first-order valence-corrected chi connectivity index (χ1v) is 10.5. The Morgan fingerprint density at radius 1 is 1.28 bits per heavy atom. The molecule has 6 heteroatoms. The molecule has 0 fully saturated rings. The Bertz CT molecular complexity index is 1170. The van der Waals surface area contributed by atoms with Crippen LogP contribution in [0.2, 0.25) is 0 Å². The van der Waals surface area contributed by atoms with E-state index in [1.807, 2.05) is 67.7 Å². The number of ether oxygens (including phenoxy) is 1. The molecule has 0 unspecified atom stereocenters. The number of amides is 1. The molecule has 0 atom stereocenters. The summed E-state index contributed by atoms with van der Waals surface area (Å²) in [6.07, 6.45) is 5.89. The lowest BCUT2D eigenvalue weighted by atomic mass is 10.0. The highest BCUT2D eigenvalue weighted by Gasteiger charge is 2.16. The van der Waals surface area contributed by atoms with Crippen LogP contribution in [0.1, 0.15) is 24.5 Å². The summed E-state index contributed by atoms with van der Waals surface area (Å²) >= 11 is 0. The molecular formula is C26H26N4O2. The molecule has 3 rings (SSSR count). The second-order valence-corrected chi connectivity index (χ2v) is 7.21. The molecular weight excluding hydrogens is 400 g/mol. The van der Waals surface area contributed by atoms with E-state index in [9.17, 15) is 10.1 Å². The zero-order valence-corrected chi connectivity index (χ0v) is 18.3. The topological polar surface area (TPSA) is 79.9 Å². The largest absolute Gasteiger partial charge is 0.494 e. The van der Waals surface area contributed by atoms with E-state index in [1.165, 1.54) is 0 Å². The molecule has 0 aliphatic heterocycles. The van der Waals surface area contributed by atoms with Crippen molar-refractivity contribution in [2.45, 2.75) is 20.3 Å². The predicted octanol–water partition coefficient (Wildman–Crippen LogP) is 4.85. The SMILES string of the molecule is C=CCNC(=O)/C(C#N)=C/c1cn(-c2ccccc2)nc1-c1ccc(OCCC)cc1C. The first kappa shape index (κ1) is 22.6. The summed E-state index contributed by atoms with van der Waals surface area (Å²) < 4.78 is 7.49. The number of nitrogens with one attached hydrogen (secondary N) is 1. The van der Waals surface area contributed by atoms with Gasteiger partial charge in [0, 0.05) is 23.9 Å². The summed E-state index contributed by atoms with van der Waals surface area (Å²) in [6.45, 7) is 8.58. The minimum absolute atomic E-state index is 0.00117. The predicted molar refractivity (Wildman–Crippen MR) is 126 cm³/mol. The standard InChI is InChI=1S/C26H26N4O2/c1-4-13-28-26(31)20(17-27)16-21-18-30(22-9-7-6-8-10-22)29-25(21)24-12-11-23(15-19(24)3)32-14-5-2/h4,6-12,15-16,18H,1,5,13-14H2,2-3H3,(H,28,31)/b20-16+. The molecule has 32 heavy (non-hydrogen) atoms. The van der Waals surface area contributed by atoms with Crippen LogP contribution < -0.4 is 10.1 Å². The third-order valence-corrected chi connectivity index (χ3v) is 4.76. The highest BCUT2D eigenvalue weighted by molar-refractivity contribution is 6.02. The second-order valence-electron chi connectivity index (χ2n) is 7.21. The van der Waals surface area contributed by atoms with Gasteiger partial charge in [-0.1, -0.05) is 31.2 Å². The van der Waals surface area contributed by atoms with E-state index < -0.39 is 5.91 Å². The molecule has 1 aromatic heterocycles. The molecule has 6 nitrogen and oxygen atoms in total. The van der Waals surface area contributed by atoms with Crippen molar-refractivity contribution in [1.29, 1.82) is 5.26 Å². The maximum absolute atomic E-state index is 12.4. The van der Waals surface area contributed by atoms with Crippen LogP contribution in [-0.2, 0) is 4.79 Å². The molecule has 2 aromatic carbocycles. The number of nitrogens with zero attached hydrogens (tertiary/aromatic N) is 3. The van der Waals surface area contributed by atoms with Crippen LogP contribution in [0.15, 0.2) is 73.0 Å². The van der Waals surface area contributed by atoms with Gasteiger partial charge in [-0.3, -0.25) is 4.79 Å². The van der Waals surface area contributed by atoms with Crippen LogP contribution >= 0.6 is 0 Å². The lowest BCUT2D eigenvalue weighted by Crippen LogP contribution is -2.24. The normalized spacial score (nSPS) is 11.0. The molecule has 0 bridgehead atoms. The minimum Gasteiger partial charge on any atom is -0.494 e. The number of hydrogen-bond donors (Lipinski definition) is 1. The number of para-hydroxylation sites is 1. The zero-order valence-electron chi connectivity index (χ0n) is 18.3. The molecule has 1 amide bonds. The number of carbonyl (C=O) groups excluding carboxylic acids is 1. The summed E-state index contributed by atoms with van der Waals surface area (Å²) in [7, 11) is 0. The number of hydrogen-bond acceptors (Lipinski definition) is 4. The highest BCUT2D eigenvalue weighted by Crippen LogP contribution is 2.30. The number of aromatic nitrogens is 2. The number of rotatable bonds is 9. The molecule has 3 aromatic rings. The van der Waals surface area contributed by atoms with Gasteiger partial charge in [0.05, 0.1) is 12.3 Å². The van der Waals surface area contributed by atoms with E-state index in [-0.39, 0.29) is 12.1 Å². The number of benzene rings is 2. The van der Waals surface area contributed by atoms with Gasteiger partial charge in [-0.25, -0.2) is 4.68 Å². The molecule has 0 aliphatic carbocycles. The maximum atomic E-state index is 12.4. The van der Waals surface area contributed by atoms with Crippen LogP contribution in [0.5, 0.6) is 5.75 Å². The van der Waals surface area contributed by atoms with Gasteiger partial charge in [-0.15, -0.1) is 6.58 Å². The molecule has 162 valence electrons. The van der Waals surface area contributed by atoms with Crippen molar-refractivity contribution in [3.8, 4) is 28.8 Å². The van der Waals surface area contributed by atoms with E-state index >= 15 is 0 Å². The van der Waals surface area contributed by atoms with E-state index in [4.69, 9.17) is 9.84 Å². The monoisotopic (exact) mass is 426 g/mol. The van der Waals surface area contributed by atoms with E-state index in [0.29, 0.717) is 17.9 Å². The summed E-state index contributed by atoms with van der Waals surface area (Å²) in [5, 5.41) is 17.0. The average Bonchev–Trinajstić information content (AvgIpc) is 3.23. The summed E-state index contributed by atoms with van der Waals surface area (Å²) in [5.74, 6) is 0.347. The first-order chi connectivity index (χ1) is 15.6. The summed E-state index contributed by atoms with van der Waals surface area (Å²) in [4.78, 5) is 12.4. The quantitative estimate of drug-likeness (QED) is 0.301. The molecule has 0 saturated heterocycles. The van der Waals surface area contributed by atoms with Gasteiger partial charge in [-0.05, 0) is 55.3 Å². The lowest BCUT2D eigenvalue weighted by Gasteiger charge is -2.09. The van der Waals surface area contributed by atoms with Crippen molar-refractivity contribution in [1.82, 2.24) is 15.1 Å². The maximum Gasteiger partial charge on any atom is 0.262 e. The van der Waals surface area contributed by atoms with Gasteiger partial charge in [0.2, 0.25) is 0 Å². The zero-order chi connectivity index (χ0) is 22.9. The average molecular weight is 427 g/mol. The smallest absolute Gasteiger partial charge is 0.262 e. The Morgan fingerprint density at radius 3 is 2.72 bits per heavy atom. The fourth-order valence-electron chi connectivity index (χ4n) is 3.19. The van der Waals surface area contributed by atoms with Crippen LogP contribution in [0, 0.1) is 18.3 Å². The van der Waals surface area contributed by atoms with Crippen molar-refractivity contribution < 1.29 is 9.53 Å². The Morgan fingerprint density at radius 2 is 2.06 bits per heavy atom. The van der Waals surface area contributed by atoms with Gasteiger partial charge in [-0.2, -0.15) is 10.4 Å². The molecule has 0 spiro atoms. The van der Waals surface area contributed by atoms with Gasteiger partial charge >= 0.3 is 0 Å². The molecule has 0 radical (unpaired) electrons. The molecule has 1 heterocycles. The number of aryl methyl sites for hydroxylation is 1. The Labute approximate surface area is 188 Å². The highest BCUT2D eigenvalue weighted by atomic mass is 16.5. The van der Waals surface area contributed by atoms with E-state index in [2.05, 4.69) is 18.8 Å². The van der Waals surface area contributed by atoms with E-state index in [1.54, 1.807) is 16.8 Å². The molecule has 1 N–H and O–H groups in total. The lowest BCUT2D eigenvalue weighted by molar-refractivity contribution is -0.116. The second kappa shape index (κ2) is 10.8. The van der Waals surface area contributed by atoms with Crippen molar-refractivity contribution in [2.75, 3.05) is 13.2 Å². The molecule has 0 saturated carbocycles. The summed E-state index contributed by atoms with van der Waals surface area (Å²) in [6, 6.07) is 17.5. The fraction of sp³-hybridized carbons (Fsp3) is 0.192.